The lowest BCUT2D eigenvalue weighted by molar-refractivity contribution is -0.148. The number of hydrogen-bond acceptors (Lipinski definition) is 9. The van der Waals surface area contributed by atoms with Gasteiger partial charge in [0, 0.05) is 19.1 Å². The summed E-state index contributed by atoms with van der Waals surface area (Å²) in [6.45, 7) is 1.03. The first-order valence-corrected chi connectivity index (χ1v) is 11.5. The van der Waals surface area contributed by atoms with Crippen LogP contribution in [0.5, 0.6) is 0 Å². The van der Waals surface area contributed by atoms with Gasteiger partial charge in [-0.2, -0.15) is 28.4 Å². The number of likely N-dealkylation sites (tertiary alicyclic amines) is 1. The highest BCUT2D eigenvalue weighted by atomic mass is 35.5. The Morgan fingerprint density at radius 3 is 2.58 bits per heavy atom. The lowest BCUT2D eigenvalue weighted by atomic mass is 10.0. The molecular weight excluding hydrogens is 499 g/mol. The molecule has 0 bridgehead atoms. The molecule has 1 aliphatic rings. The molecule has 36 heavy (non-hydrogen) atoms. The number of aromatic nitrogens is 4. The maximum absolute atomic E-state index is 13.7. The zero-order valence-corrected chi connectivity index (χ0v) is 19.9. The Bertz CT molecular complexity index is 1390. The molecule has 4 rings (SSSR count). The summed E-state index contributed by atoms with van der Waals surface area (Å²) in [5.41, 5.74) is 11.4. The van der Waals surface area contributed by atoms with Gasteiger partial charge in [-0.15, -0.1) is 0 Å². The van der Waals surface area contributed by atoms with E-state index in [0.717, 1.165) is 0 Å². The molecule has 3 aromatic rings. The van der Waals surface area contributed by atoms with Gasteiger partial charge in [-0.1, -0.05) is 17.7 Å². The monoisotopic (exact) mass is 521 g/mol. The van der Waals surface area contributed by atoms with E-state index >= 15 is 0 Å². The molecule has 0 radical (unpaired) electrons. The molecule has 2 aromatic heterocycles. The number of hydrogen-bond donors (Lipinski definition) is 3. The van der Waals surface area contributed by atoms with Crippen LogP contribution in [0.1, 0.15) is 43.2 Å². The van der Waals surface area contributed by atoms with Crippen molar-refractivity contribution in [3.05, 3.63) is 45.0 Å². The van der Waals surface area contributed by atoms with E-state index in [2.05, 4.69) is 20.3 Å². The fourth-order valence-electron chi connectivity index (χ4n) is 4.45. The summed E-state index contributed by atoms with van der Waals surface area (Å²) in [5.74, 6) is 0.131. The lowest BCUT2D eigenvalue weighted by Gasteiger charge is -2.34. The van der Waals surface area contributed by atoms with Crippen LogP contribution in [0, 0.1) is 11.3 Å². The zero-order valence-electron chi connectivity index (χ0n) is 19.2. The third-order valence-electron chi connectivity index (χ3n) is 6.04. The number of nitrogen functional groups attached to an aromatic ring is 2. The molecule has 3 heterocycles. The number of nitrogens with two attached hydrogens (primary N) is 2. The molecule has 0 aliphatic carbocycles. The molecule has 1 atom stereocenters. The van der Waals surface area contributed by atoms with Gasteiger partial charge in [0.25, 0.3) is 5.56 Å². The van der Waals surface area contributed by atoms with Crippen LogP contribution in [-0.4, -0.2) is 50.2 Å². The van der Waals surface area contributed by atoms with Gasteiger partial charge in [0.05, 0.1) is 28.5 Å². The van der Waals surface area contributed by atoms with Crippen molar-refractivity contribution in [1.82, 2.24) is 24.4 Å². The van der Waals surface area contributed by atoms with Gasteiger partial charge in [0.15, 0.2) is 5.82 Å². The summed E-state index contributed by atoms with van der Waals surface area (Å²) in [5, 5.41) is 13.0. The lowest BCUT2D eigenvalue weighted by Crippen LogP contribution is -2.43. The van der Waals surface area contributed by atoms with Crippen molar-refractivity contribution in [3.8, 4) is 6.07 Å². The number of piperidine rings is 1. The first-order chi connectivity index (χ1) is 17.0. The van der Waals surface area contributed by atoms with Crippen molar-refractivity contribution >= 4 is 40.1 Å². The first-order valence-electron chi connectivity index (χ1n) is 11.1. The number of alkyl halides is 3. The van der Waals surface area contributed by atoms with Crippen LogP contribution in [0.3, 0.4) is 0 Å². The molecule has 1 fully saturated rings. The molecule has 5 N–H and O–H groups in total. The van der Waals surface area contributed by atoms with Gasteiger partial charge in [0.1, 0.15) is 23.3 Å². The topological polar surface area (TPSA) is 152 Å². The summed E-state index contributed by atoms with van der Waals surface area (Å²) in [6, 6.07) is 5.74. The number of nitrogens with one attached hydrogen (secondary N) is 1. The summed E-state index contributed by atoms with van der Waals surface area (Å²) < 4.78 is 40.1. The van der Waals surface area contributed by atoms with Gasteiger partial charge in [-0.3, -0.25) is 14.3 Å². The highest BCUT2D eigenvalue weighted by molar-refractivity contribution is 6.35. The van der Waals surface area contributed by atoms with Crippen molar-refractivity contribution < 1.29 is 13.2 Å². The average molecular weight is 522 g/mol. The zero-order chi connectivity index (χ0) is 26.2. The number of rotatable bonds is 5. The largest absolute Gasteiger partial charge is 0.401 e. The number of nitrogens with zero attached hydrogens (tertiary/aromatic N) is 6. The molecule has 1 aromatic carbocycles. The molecule has 0 spiro atoms. The van der Waals surface area contributed by atoms with Crippen molar-refractivity contribution in [2.24, 2.45) is 0 Å². The van der Waals surface area contributed by atoms with Crippen LogP contribution in [0.2, 0.25) is 5.02 Å². The Labute approximate surface area is 208 Å². The van der Waals surface area contributed by atoms with Crippen molar-refractivity contribution in [2.45, 2.75) is 38.0 Å². The number of halogens is 4. The third kappa shape index (κ3) is 5.14. The molecule has 1 saturated heterocycles. The summed E-state index contributed by atoms with van der Waals surface area (Å²) in [7, 11) is 0. The van der Waals surface area contributed by atoms with Gasteiger partial charge in [-0.05, 0) is 31.9 Å². The van der Waals surface area contributed by atoms with Gasteiger partial charge in [-0.25, -0.2) is 4.98 Å². The number of nitriles is 1. The van der Waals surface area contributed by atoms with E-state index in [1.165, 1.54) is 9.47 Å². The summed E-state index contributed by atoms with van der Waals surface area (Å²) in [4.78, 5) is 27.5. The van der Waals surface area contributed by atoms with E-state index in [9.17, 15) is 23.2 Å². The Kier molecular flexibility index (Phi) is 6.92. The van der Waals surface area contributed by atoms with Gasteiger partial charge in [0.2, 0.25) is 5.95 Å². The molecular formula is C22H23ClF3N9O. The SMILES string of the molecule is CC(Nc1nc(N)nc(N)c1C#N)c1nc2cccc(Cl)c2c(=O)n1C1CCN(CC(F)(F)F)CC1. The second-order valence-electron chi connectivity index (χ2n) is 8.57. The first kappa shape index (κ1) is 25.5. The van der Waals surface area contributed by atoms with Crippen LogP contribution in [0.15, 0.2) is 23.0 Å². The van der Waals surface area contributed by atoms with Crippen LogP contribution < -0.4 is 22.3 Å². The summed E-state index contributed by atoms with van der Waals surface area (Å²) >= 11 is 6.32. The van der Waals surface area contributed by atoms with E-state index in [4.69, 9.17) is 23.1 Å². The van der Waals surface area contributed by atoms with Crippen molar-refractivity contribution in [2.75, 3.05) is 36.4 Å². The normalized spacial score (nSPS) is 16.1. The predicted molar refractivity (Wildman–Crippen MR) is 129 cm³/mol. The van der Waals surface area contributed by atoms with E-state index in [-0.39, 0.29) is 46.6 Å². The number of anilines is 3. The molecule has 10 nitrogen and oxygen atoms in total. The smallest absolute Gasteiger partial charge is 0.382 e. The van der Waals surface area contributed by atoms with E-state index in [1.807, 2.05) is 6.07 Å². The second kappa shape index (κ2) is 9.79. The number of benzene rings is 1. The fourth-order valence-corrected chi connectivity index (χ4v) is 4.70. The van der Waals surface area contributed by atoms with Gasteiger partial charge >= 0.3 is 6.18 Å². The predicted octanol–water partition coefficient (Wildman–Crippen LogP) is 3.25. The molecule has 1 aliphatic heterocycles. The van der Waals surface area contributed by atoms with Crippen molar-refractivity contribution in [1.29, 1.82) is 5.26 Å². The minimum absolute atomic E-state index is 0.0192. The molecule has 1 unspecified atom stereocenters. The standard InChI is InChI=1S/C22H23ClF3N9O/c1-11(30-18-13(9-27)17(28)32-21(29)33-18)19-31-15-4-2-3-14(23)16(15)20(36)35(19)12-5-7-34(8-6-12)10-22(24,25)26/h2-4,11-12H,5-8,10H2,1H3,(H5,28,29,30,32,33). The fraction of sp³-hybridized carbons (Fsp3) is 0.409. The van der Waals surface area contributed by atoms with Crippen LogP contribution in [0.25, 0.3) is 10.9 Å². The highest BCUT2D eigenvalue weighted by Gasteiger charge is 2.34. The van der Waals surface area contributed by atoms with Crippen LogP contribution in [-0.2, 0) is 0 Å². The molecule has 0 amide bonds. The third-order valence-corrected chi connectivity index (χ3v) is 6.35. The Morgan fingerprint density at radius 1 is 1.25 bits per heavy atom. The molecule has 14 heteroatoms. The number of fused-ring (bicyclic) bond motifs is 1. The van der Waals surface area contributed by atoms with E-state index in [0.29, 0.717) is 24.2 Å². The second-order valence-corrected chi connectivity index (χ2v) is 8.98. The van der Waals surface area contributed by atoms with Crippen molar-refractivity contribution in [3.63, 3.8) is 0 Å². The van der Waals surface area contributed by atoms with Gasteiger partial charge < -0.3 is 16.8 Å². The van der Waals surface area contributed by atoms with E-state index < -0.39 is 30.4 Å². The Morgan fingerprint density at radius 2 is 1.94 bits per heavy atom. The maximum atomic E-state index is 13.7. The minimum Gasteiger partial charge on any atom is -0.382 e. The Balaban J connectivity index is 1.76. The highest BCUT2D eigenvalue weighted by Crippen LogP contribution is 2.30. The maximum Gasteiger partial charge on any atom is 0.401 e. The Hall–Kier alpha value is -3.63. The average Bonchev–Trinajstić information content (AvgIpc) is 2.78. The summed E-state index contributed by atoms with van der Waals surface area (Å²) in [6.07, 6.45) is -3.68. The van der Waals surface area contributed by atoms with E-state index in [1.54, 1.807) is 25.1 Å². The molecule has 190 valence electrons. The minimum atomic E-state index is -4.30. The van der Waals surface area contributed by atoms with Crippen LogP contribution in [0.4, 0.5) is 30.8 Å². The van der Waals surface area contributed by atoms with Crippen LogP contribution >= 0.6 is 11.6 Å². The quantitative estimate of drug-likeness (QED) is 0.459. The molecule has 0 saturated carbocycles.